The molecule has 88 valence electrons. The summed E-state index contributed by atoms with van der Waals surface area (Å²) in [6.07, 6.45) is 2.44. The minimum atomic E-state index is 0.592. The van der Waals surface area contributed by atoms with Crippen molar-refractivity contribution in [2.45, 2.75) is 18.8 Å². The van der Waals surface area contributed by atoms with E-state index in [0.717, 1.165) is 24.4 Å². The van der Waals surface area contributed by atoms with E-state index in [1.165, 1.54) is 12.8 Å². The molecule has 0 atom stereocenters. The summed E-state index contributed by atoms with van der Waals surface area (Å²) in [5.74, 6) is 1.94. The minimum Gasteiger partial charge on any atom is -0.383 e. The maximum atomic E-state index is 5.97. The van der Waals surface area contributed by atoms with Crippen LogP contribution < -0.4 is 5.73 Å². The van der Waals surface area contributed by atoms with Gasteiger partial charge in [-0.2, -0.15) is 0 Å². The topological polar surface area (TPSA) is 51.8 Å². The second-order valence-electron chi connectivity index (χ2n) is 4.04. The molecule has 0 spiro atoms. The maximum Gasteiger partial charge on any atom is 0.171 e. The van der Waals surface area contributed by atoms with Gasteiger partial charge in [0.1, 0.15) is 5.82 Å². The van der Waals surface area contributed by atoms with E-state index < -0.39 is 0 Å². The lowest BCUT2D eigenvalue weighted by Crippen LogP contribution is -2.03. The Labute approximate surface area is 125 Å². The van der Waals surface area contributed by atoms with Gasteiger partial charge in [-0.25, -0.2) is 9.97 Å². The van der Waals surface area contributed by atoms with E-state index in [0.29, 0.717) is 11.7 Å². The summed E-state index contributed by atoms with van der Waals surface area (Å²) in [6.45, 7) is 0. The van der Waals surface area contributed by atoms with Crippen LogP contribution in [0.1, 0.15) is 24.5 Å². The second-order valence-corrected chi connectivity index (χ2v) is 6.94. The van der Waals surface area contributed by atoms with Crippen LogP contribution in [-0.4, -0.2) is 9.97 Å². The number of halogens is 2. The minimum absolute atomic E-state index is 0.592. The van der Waals surface area contributed by atoms with Crippen LogP contribution in [0.25, 0.3) is 10.7 Å². The molecule has 0 aromatic carbocycles. The highest BCUT2D eigenvalue weighted by atomic mass is 127. The molecular formula is C11H9BrIN3S. The first-order valence-corrected chi connectivity index (χ1v) is 7.97. The molecule has 17 heavy (non-hydrogen) atoms. The molecule has 2 aromatic rings. The summed E-state index contributed by atoms with van der Waals surface area (Å²) in [7, 11) is 0. The SMILES string of the molecule is Nc1nc(-c2cc(Br)cs2)nc(C2CC2)c1I. The molecule has 0 unspecified atom stereocenters. The molecule has 3 nitrogen and oxygen atoms in total. The van der Waals surface area contributed by atoms with E-state index in [9.17, 15) is 0 Å². The quantitative estimate of drug-likeness (QED) is 0.744. The molecule has 1 aliphatic rings. The lowest BCUT2D eigenvalue weighted by Gasteiger charge is -2.06. The van der Waals surface area contributed by atoms with Crippen LogP contribution in [0.5, 0.6) is 0 Å². The van der Waals surface area contributed by atoms with E-state index in [2.05, 4.69) is 48.5 Å². The first-order valence-electron chi connectivity index (χ1n) is 5.22. The zero-order valence-electron chi connectivity index (χ0n) is 8.78. The van der Waals surface area contributed by atoms with Gasteiger partial charge < -0.3 is 5.73 Å². The van der Waals surface area contributed by atoms with E-state index >= 15 is 0 Å². The summed E-state index contributed by atoms with van der Waals surface area (Å²) < 4.78 is 2.08. The zero-order valence-corrected chi connectivity index (χ0v) is 13.3. The molecule has 6 heteroatoms. The van der Waals surface area contributed by atoms with Gasteiger partial charge in [0, 0.05) is 15.8 Å². The van der Waals surface area contributed by atoms with Crippen LogP contribution in [-0.2, 0) is 0 Å². The van der Waals surface area contributed by atoms with Crippen molar-refractivity contribution < 1.29 is 0 Å². The average Bonchev–Trinajstić information content (AvgIpc) is 3.05. The Bertz CT molecular complexity index is 580. The van der Waals surface area contributed by atoms with Crippen LogP contribution in [0.3, 0.4) is 0 Å². The predicted octanol–water partition coefficient (Wildman–Crippen LogP) is 4.03. The van der Waals surface area contributed by atoms with Gasteiger partial charge in [-0.15, -0.1) is 11.3 Å². The molecule has 1 aliphatic carbocycles. The Hall–Kier alpha value is -0.210. The van der Waals surface area contributed by atoms with Crippen LogP contribution in [0.2, 0.25) is 0 Å². The monoisotopic (exact) mass is 421 g/mol. The van der Waals surface area contributed by atoms with Gasteiger partial charge in [-0.05, 0) is 57.4 Å². The molecular weight excluding hydrogens is 413 g/mol. The smallest absolute Gasteiger partial charge is 0.171 e. The average molecular weight is 422 g/mol. The standard InChI is InChI=1S/C11H9BrIN3S/c12-6-3-7(17-4-6)11-15-9(5-1-2-5)8(13)10(14)16-11/h3-5H,1-2H2,(H2,14,15,16). The summed E-state index contributed by atoms with van der Waals surface area (Å²) >= 11 is 7.32. The first kappa shape index (κ1) is 11.9. The van der Waals surface area contributed by atoms with Gasteiger partial charge in [-0.1, -0.05) is 0 Å². The Morgan fingerprint density at radius 2 is 2.18 bits per heavy atom. The third-order valence-corrected chi connectivity index (χ3v) is 5.45. The molecule has 0 saturated heterocycles. The molecule has 2 heterocycles. The molecule has 2 aromatic heterocycles. The maximum absolute atomic E-state index is 5.97. The normalized spacial score (nSPS) is 15.2. The highest BCUT2D eigenvalue weighted by Gasteiger charge is 2.29. The van der Waals surface area contributed by atoms with Crippen molar-refractivity contribution >= 4 is 55.7 Å². The van der Waals surface area contributed by atoms with Gasteiger partial charge in [0.2, 0.25) is 0 Å². The molecule has 0 aliphatic heterocycles. The fourth-order valence-electron chi connectivity index (χ4n) is 1.65. The number of thiophene rings is 1. The highest BCUT2D eigenvalue weighted by molar-refractivity contribution is 14.1. The number of rotatable bonds is 2. The van der Waals surface area contributed by atoms with E-state index in [-0.39, 0.29) is 0 Å². The molecule has 0 bridgehead atoms. The fraction of sp³-hybridized carbons (Fsp3) is 0.273. The van der Waals surface area contributed by atoms with E-state index in [4.69, 9.17) is 5.73 Å². The number of anilines is 1. The van der Waals surface area contributed by atoms with Gasteiger partial charge in [0.25, 0.3) is 0 Å². The van der Waals surface area contributed by atoms with Crippen LogP contribution in [0.4, 0.5) is 5.82 Å². The molecule has 3 rings (SSSR count). The first-order chi connectivity index (χ1) is 8.15. The molecule has 2 N–H and O–H groups in total. The van der Waals surface area contributed by atoms with Crippen molar-refractivity contribution in [2.24, 2.45) is 0 Å². The van der Waals surface area contributed by atoms with Crippen molar-refractivity contribution in [2.75, 3.05) is 5.73 Å². The summed E-state index contributed by atoms with van der Waals surface area (Å²) in [5, 5.41) is 2.03. The van der Waals surface area contributed by atoms with Gasteiger partial charge in [0.15, 0.2) is 5.82 Å². The Morgan fingerprint density at radius 3 is 2.76 bits per heavy atom. The highest BCUT2D eigenvalue weighted by Crippen LogP contribution is 2.42. The molecule has 1 fully saturated rings. The van der Waals surface area contributed by atoms with Crippen molar-refractivity contribution in [3.05, 3.63) is 25.2 Å². The number of nitrogens with zero attached hydrogens (tertiary/aromatic N) is 2. The number of nitrogen functional groups attached to an aromatic ring is 1. The van der Waals surface area contributed by atoms with Gasteiger partial charge in [-0.3, -0.25) is 0 Å². The predicted molar refractivity (Wildman–Crippen MR) is 82.1 cm³/mol. The van der Waals surface area contributed by atoms with E-state index in [1.807, 2.05) is 11.4 Å². The second kappa shape index (κ2) is 4.47. The Balaban J connectivity index is 2.11. The van der Waals surface area contributed by atoms with Crippen LogP contribution in [0.15, 0.2) is 15.9 Å². The molecule has 1 saturated carbocycles. The van der Waals surface area contributed by atoms with Crippen molar-refractivity contribution in [3.8, 4) is 10.7 Å². The largest absolute Gasteiger partial charge is 0.383 e. The van der Waals surface area contributed by atoms with Crippen LogP contribution in [0, 0.1) is 3.57 Å². The summed E-state index contributed by atoms with van der Waals surface area (Å²) in [6, 6.07) is 2.03. The van der Waals surface area contributed by atoms with Crippen molar-refractivity contribution in [1.82, 2.24) is 9.97 Å². The number of hydrogen-bond donors (Lipinski definition) is 1. The Morgan fingerprint density at radius 1 is 1.41 bits per heavy atom. The van der Waals surface area contributed by atoms with Crippen molar-refractivity contribution in [1.29, 1.82) is 0 Å². The number of aromatic nitrogens is 2. The van der Waals surface area contributed by atoms with E-state index in [1.54, 1.807) is 11.3 Å². The third kappa shape index (κ3) is 2.34. The lowest BCUT2D eigenvalue weighted by molar-refractivity contribution is 0.985. The van der Waals surface area contributed by atoms with Gasteiger partial charge in [0.05, 0.1) is 14.1 Å². The summed E-state index contributed by atoms with van der Waals surface area (Å²) in [5.41, 5.74) is 7.09. The van der Waals surface area contributed by atoms with Crippen molar-refractivity contribution in [3.63, 3.8) is 0 Å². The zero-order chi connectivity index (χ0) is 12.0. The van der Waals surface area contributed by atoms with Gasteiger partial charge >= 0.3 is 0 Å². The lowest BCUT2D eigenvalue weighted by atomic mass is 10.2. The third-order valence-electron chi connectivity index (χ3n) is 2.65. The summed E-state index contributed by atoms with van der Waals surface area (Å²) in [4.78, 5) is 10.1. The molecule has 0 amide bonds. The Kier molecular flexibility index (Phi) is 3.12. The van der Waals surface area contributed by atoms with Crippen LogP contribution >= 0.6 is 49.9 Å². The fourth-order valence-corrected chi connectivity index (χ4v) is 3.69. The molecule has 0 radical (unpaired) electrons. The number of hydrogen-bond acceptors (Lipinski definition) is 4. The number of nitrogens with two attached hydrogens (primary N) is 1.